The smallest absolute Gasteiger partial charge is 0.221 e. The van der Waals surface area contributed by atoms with Gasteiger partial charge in [-0.25, -0.2) is 0 Å². The summed E-state index contributed by atoms with van der Waals surface area (Å²) in [5.74, 6) is 0.200. The van der Waals surface area contributed by atoms with Gasteiger partial charge in [-0.05, 0) is 26.9 Å². The maximum Gasteiger partial charge on any atom is 0.221 e. The molecule has 144 valence electrons. The summed E-state index contributed by atoms with van der Waals surface area (Å²) < 4.78 is 0. The Morgan fingerprint density at radius 2 is 1.21 bits per heavy atom. The van der Waals surface area contributed by atoms with Gasteiger partial charge >= 0.3 is 0 Å². The third-order valence-electron chi connectivity index (χ3n) is 5.04. The van der Waals surface area contributed by atoms with E-state index in [1.807, 2.05) is 14.0 Å². The van der Waals surface area contributed by atoms with Crippen LogP contribution in [-0.2, 0) is 4.79 Å². The van der Waals surface area contributed by atoms with Gasteiger partial charge in [-0.1, -0.05) is 90.9 Å². The van der Waals surface area contributed by atoms with Gasteiger partial charge in [0.1, 0.15) is 0 Å². The van der Waals surface area contributed by atoms with Gasteiger partial charge in [0.25, 0.3) is 0 Å². The summed E-state index contributed by atoms with van der Waals surface area (Å²) in [6.07, 6.45) is 18.3. The monoisotopic (exact) mass is 340 g/mol. The first kappa shape index (κ1) is 23.4. The standard InChI is InChI=1S/C21H44N2O/c1-5-7-8-9-10-11-12-13-14-15-16-17-18-19-21(24)22-20(3)23(4)6-2/h20H,5-19H2,1-4H3,(H,22,24). The van der Waals surface area contributed by atoms with E-state index in [1.165, 1.54) is 77.0 Å². The number of unbranched alkanes of at least 4 members (excludes halogenated alkanes) is 12. The highest BCUT2D eigenvalue weighted by Crippen LogP contribution is 2.12. The molecule has 1 atom stereocenters. The van der Waals surface area contributed by atoms with Crippen molar-refractivity contribution >= 4 is 5.91 Å². The normalized spacial score (nSPS) is 12.5. The van der Waals surface area contributed by atoms with Gasteiger partial charge in [0.2, 0.25) is 5.91 Å². The number of hydrogen-bond acceptors (Lipinski definition) is 2. The zero-order valence-corrected chi connectivity index (χ0v) is 17.0. The second-order valence-corrected chi connectivity index (χ2v) is 7.31. The molecule has 0 aliphatic carbocycles. The number of nitrogens with one attached hydrogen (secondary N) is 1. The van der Waals surface area contributed by atoms with Crippen molar-refractivity contribution in [2.45, 2.75) is 117 Å². The fraction of sp³-hybridized carbons (Fsp3) is 0.952. The highest BCUT2D eigenvalue weighted by Gasteiger charge is 2.09. The van der Waals surface area contributed by atoms with Crippen molar-refractivity contribution in [1.29, 1.82) is 0 Å². The Morgan fingerprint density at radius 3 is 1.62 bits per heavy atom. The quantitative estimate of drug-likeness (QED) is 0.265. The molecule has 0 heterocycles. The highest BCUT2D eigenvalue weighted by atomic mass is 16.1. The van der Waals surface area contributed by atoms with Crippen LogP contribution in [0, 0.1) is 0 Å². The maximum atomic E-state index is 11.8. The molecule has 0 aromatic carbocycles. The van der Waals surface area contributed by atoms with Crippen molar-refractivity contribution in [2.24, 2.45) is 0 Å². The molecule has 1 N–H and O–H groups in total. The summed E-state index contributed by atoms with van der Waals surface area (Å²) in [4.78, 5) is 14.0. The van der Waals surface area contributed by atoms with Crippen LogP contribution >= 0.6 is 0 Å². The van der Waals surface area contributed by atoms with Gasteiger partial charge in [-0.2, -0.15) is 0 Å². The van der Waals surface area contributed by atoms with Crippen molar-refractivity contribution < 1.29 is 4.79 Å². The highest BCUT2D eigenvalue weighted by molar-refractivity contribution is 5.76. The van der Waals surface area contributed by atoms with Gasteiger partial charge in [0.05, 0.1) is 6.17 Å². The summed E-state index contributed by atoms with van der Waals surface area (Å²) >= 11 is 0. The molecule has 0 saturated heterocycles. The minimum atomic E-state index is 0.143. The molecule has 0 aliphatic rings. The largest absolute Gasteiger partial charge is 0.341 e. The SMILES string of the molecule is CCCCCCCCCCCCCCCC(=O)NC(C)N(C)CC. The second kappa shape index (κ2) is 17.3. The molecule has 0 bridgehead atoms. The van der Waals surface area contributed by atoms with Gasteiger partial charge in [-0.3, -0.25) is 9.69 Å². The molecule has 0 aliphatic heterocycles. The number of carbonyl (C=O) groups excluding carboxylic acids is 1. The lowest BCUT2D eigenvalue weighted by Gasteiger charge is -2.23. The van der Waals surface area contributed by atoms with Crippen molar-refractivity contribution in [2.75, 3.05) is 13.6 Å². The van der Waals surface area contributed by atoms with E-state index in [1.54, 1.807) is 0 Å². The van der Waals surface area contributed by atoms with Crippen LogP contribution in [0.2, 0.25) is 0 Å². The van der Waals surface area contributed by atoms with E-state index in [9.17, 15) is 4.79 Å². The first-order valence-corrected chi connectivity index (χ1v) is 10.6. The predicted molar refractivity (Wildman–Crippen MR) is 106 cm³/mol. The Morgan fingerprint density at radius 1 is 0.792 bits per heavy atom. The van der Waals surface area contributed by atoms with Gasteiger partial charge in [0, 0.05) is 6.42 Å². The molecule has 0 aromatic rings. The summed E-state index contributed by atoms with van der Waals surface area (Å²) in [5.41, 5.74) is 0. The molecule has 0 saturated carbocycles. The number of carbonyl (C=O) groups is 1. The molecule has 1 amide bonds. The van der Waals surface area contributed by atoms with Crippen LogP contribution in [0.5, 0.6) is 0 Å². The molecule has 0 radical (unpaired) electrons. The molecular formula is C21H44N2O. The lowest BCUT2D eigenvalue weighted by atomic mass is 10.0. The minimum absolute atomic E-state index is 0.143. The Hall–Kier alpha value is -0.570. The van der Waals surface area contributed by atoms with Gasteiger partial charge < -0.3 is 5.32 Å². The van der Waals surface area contributed by atoms with Crippen molar-refractivity contribution in [1.82, 2.24) is 10.2 Å². The minimum Gasteiger partial charge on any atom is -0.341 e. The van der Waals surface area contributed by atoms with Crippen LogP contribution in [0.3, 0.4) is 0 Å². The molecule has 0 fully saturated rings. The summed E-state index contributed by atoms with van der Waals surface area (Å²) in [5, 5.41) is 3.06. The van der Waals surface area contributed by atoms with Crippen LogP contribution in [-0.4, -0.2) is 30.6 Å². The first-order valence-electron chi connectivity index (χ1n) is 10.6. The average Bonchev–Trinajstić information content (AvgIpc) is 2.58. The van der Waals surface area contributed by atoms with Crippen LogP contribution in [0.15, 0.2) is 0 Å². The predicted octanol–water partition coefficient (Wildman–Crippen LogP) is 5.88. The first-order chi connectivity index (χ1) is 11.6. The molecule has 1 unspecified atom stereocenters. The van der Waals surface area contributed by atoms with E-state index in [4.69, 9.17) is 0 Å². The zero-order valence-electron chi connectivity index (χ0n) is 17.0. The second-order valence-electron chi connectivity index (χ2n) is 7.31. The average molecular weight is 341 g/mol. The van der Waals surface area contributed by atoms with E-state index in [0.717, 1.165) is 13.0 Å². The van der Waals surface area contributed by atoms with E-state index in [-0.39, 0.29) is 12.1 Å². The lowest BCUT2D eigenvalue weighted by Crippen LogP contribution is -2.44. The summed E-state index contributed by atoms with van der Waals surface area (Å²) in [6, 6.07) is 0. The molecule has 3 nitrogen and oxygen atoms in total. The van der Waals surface area contributed by atoms with Crippen LogP contribution in [0.1, 0.15) is 111 Å². The third-order valence-corrected chi connectivity index (χ3v) is 5.04. The van der Waals surface area contributed by atoms with E-state index < -0.39 is 0 Å². The van der Waals surface area contributed by atoms with E-state index in [2.05, 4.69) is 24.1 Å². The fourth-order valence-corrected chi connectivity index (χ4v) is 2.99. The molecule has 0 spiro atoms. The molecular weight excluding hydrogens is 296 g/mol. The Balaban J connectivity index is 3.26. The van der Waals surface area contributed by atoms with E-state index >= 15 is 0 Å². The zero-order chi connectivity index (χ0) is 18.0. The van der Waals surface area contributed by atoms with Crippen LogP contribution < -0.4 is 5.32 Å². The third kappa shape index (κ3) is 15.0. The number of amides is 1. The Kier molecular flexibility index (Phi) is 16.8. The van der Waals surface area contributed by atoms with Crippen molar-refractivity contribution in [3.05, 3.63) is 0 Å². The Labute approximate surface area is 152 Å². The molecule has 0 rings (SSSR count). The molecule has 3 heteroatoms. The number of rotatable bonds is 17. The Bertz CT molecular complexity index is 281. The van der Waals surface area contributed by atoms with Crippen LogP contribution in [0.25, 0.3) is 0 Å². The van der Waals surface area contributed by atoms with Crippen molar-refractivity contribution in [3.8, 4) is 0 Å². The van der Waals surface area contributed by atoms with Crippen molar-refractivity contribution in [3.63, 3.8) is 0 Å². The number of hydrogen-bond donors (Lipinski definition) is 1. The summed E-state index contributed by atoms with van der Waals surface area (Å²) in [7, 11) is 2.04. The maximum absolute atomic E-state index is 11.8. The molecule has 24 heavy (non-hydrogen) atoms. The van der Waals surface area contributed by atoms with Gasteiger partial charge in [-0.15, -0.1) is 0 Å². The molecule has 0 aromatic heterocycles. The van der Waals surface area contributed by atoms with E-state index in [0.29, 0.717) is 6.42 Å². The van der Waals surface area contributed by atoms with Crippen LogP contribution in [0.4, 0.5) is 0 Å². The summed E-state index contributed by atoms with van der Waals surface area (Å²) in [6.45, 7) is 7.39. The number of nitrogens with zero attached hydrogens (tertiary/aromatic N) is 1. The fourth-order valence-electron chi connectivity index (χ4n) is 2.99. The topological polar surface area (TPSA) is 32.3 Å². The lowest BCUT2D eigenvalue weighted by molar-refractivity contribution is -0.122. The van der Waals surface area contributed by atoms with Gasteiger partial charge in [0.15, 0.2) is 0 Å².